The number of carbonyl (C=O) groups is 1. The number of amides is 1. The second kappa shape index (κ2) is 7.56. The number of rotatable bonds is 7. The summed E-state index contributed by atoms with van der Waals surface area (Å²) in [5.41, 5.74) is 0.356. The summed E-state index contributed by atoms with van der Waals surface area (Å²) in [6.07, 6.45) is 2.38. The van der Waals surface area contributed by atoms with E-state index in [1.807, 2.05) is 0 Å². The molecule has 0 aliphatic heterocycles. The maximum atomic E-state index is 11.7. The second-order valence-corrected chi connectivity index (χ2v) is 3.46. The molecule has 0 unspecified atom stereocenters. The SMILES string of the molecule is CCCNc1cc(C(=O)NCCOC)ncn1. The molecule has 0 saturated heterocycles. The van der Waals surface area contributed by atoms with Crippen LogP contribution in [0.1, 0.15) is 23.8 Å². The topological polar surface area (TPSA) is 76.1 Å². The monoisotopic (exact) mass is 238 g/mol. The molecule has 6 nitrogen and oxygen atoms in total. The van der Waals surface area contributed by atoms with Crippen molar-refractivity contribution in [3.63, 3.8) is 0 Å². The van der Waals surface area contributed by atoms with Gasteiger partial charge in [0.05, 0.1) is 6.61 Å². The van der Waals surface area contributed by atoms with Crippen molar-refractivity contribution in [1.29, 1.82) is 0 Å². The molecule has 0 aromatic carbocycles. The van der Waals surface area contributed by atoms with Crippen LogP contribution < -0.4 is 10.6 Å². The first-order chi connectivity index (χ1) is 8.27. The molecule has 0 aliphatic carbocycles. The molecule has 94 valence electrons. The van der Waals surface area contributed by atoms with E-state index < -0.39 is 0 Å². The van der Waals surface area contributed by atoms with Crippen molar-refractivity contribution in [3.05, 3.63) is 18.1 Å². The molecule has 1 rings (SSSR count). The van der Waals surface area contributed by atoms with Gasteiger partial charge >= 0.3 is 0 Å². The van der Waals surface area contributed by atoms with E-state index in [9.17, 15) is 4.79 Å². The fourth-order valence-electron chi connectivity index (χ4n) is 1.19. The molecular formula is C11H18N4O2. The molecular weight excluding hydrogens is 220 g/mol. The van der Waals surface area contributed by atoms with Gasteiger partial charge in [-0.2, -0.15) is 0 Å². The molecule has 1 aromatic heterocycles. The zero-order chi connectivity index (χ0) is 12.5. The molecule has 0 saturated carbocycles. The van der Waals surface area contributed by atoms with Gasteiger partial charge in [-0.25, -0.2) is 9.97 Å². The van der Waals surface area contributed by atoms with Gasteiger partial charge in [-0.15, -0.1) is 0 Å². The summed E-state index contributed by atoms with van der Waals surface area (Å²) in [5.74, 6) is 0.447. The lowest BCUT2D eigenvalue weighted by Gasteiger charge is -2.06. The molecule has 0 bridgehead atoms. The largest absolute Gasteiger partial charge is 0.383 e. The Morgan fingerprint density at radius 2 is 2.24 bits per heavy atom. The van der Waals surface area contributed by atoms with Crippen LogP contribution >= 0.6 is 0 Å². The first-order valence-electron chi connectivity index (χ1n) is 5.61. The highest BCUT2D eigenvalue weighted by atomic mass is 16.5. The van der Waals surface area contributed by atoms with Crippen LogP contribution in [0.5, 0.6) is 0 Å². The maximum Gasteiger partial charge on any atom is 0.270 e. The summed E-state index contributed by atoms with van der Waals surface area (Å²) in [7, 11) is 1.59. The minimum atomic E-state index is -0.219. The van der Waals surface area contributed by atoms with E-state index in [2.05, 4.69) is 27.5 Å². The molecule has 0 radical (unpaired) electrons. The first kappa shape index (κ1) is 13.4. The summed E-state index contributed by atoms with van der Waals surface area (Å²) in [4.78, 5) is 19.6. The van der Waals surface area contributed by atoms with E-state index >= 15 is 0 Å². The maximum absolute atomic E-state index is 11.7. The highest BCUT2D eigenvalue weighted by molar-refractivity contribution is 5.92. The Kier molecular flexibility index (Phi) is 5.95. The standard InChI is InChI=1S/C11H18N4O2/c1-3-4-12-10-7-9(14-8-15-10)11(16)13-5-6-17-2/h7-8H,3-6H2,1-2H3,(H,13,16)(H,12,14,15). The van der Waals surface area contributed by atoms with E-state index in [0.29, 0.717) is 24.7 Å². The molecule has 0 aliphatic rings. The van der Waals surface area contributed by atoms with Crippen molar-refractivity contribution in [3.8, 4) is 0 Å². The highest BCUT2D eigenvalue weighted by Gasteiger charge is 2.07. The van der Waals surface area contributed by atoms with Gasteiger partial charge in [0.15, 0.2) is 0 Å². The van der Waals surface area contributed by atoms with E-state index in [1.165, 1.54) is 6.33 Å². The van der Waals surface area contributed by atoms with Crippen LogP contribution in [0.15, 0.2) is 12.4 Å². The summed E-state index contributed by atoms with van der Waals surface area (Å²) < 4.78 is 4.85. The van der Waals surface area contributed by atoms with Crippen LogP contribution in [0.4, 0.5) is 5.82 Å². The average molecular weight is 238 g/mol. The van der Waals surface area contributed by atoms with Gasteiger partial charge in [-0.05, 0) is 6.42 Å². The van der Waals surface area contributed by atoms with Crippen LogP contribution in [0.25, 0.3) is 0 Å². The van der Waals surface area contributed by atoms with Crippen molar-refractivity contribution in [2.75, 3.05) is 32.1 Å². The Morgan fingerprint density at radius 1 is 1.41 bits per heavy atom. The van der Waals surface area contributed by atoms with E-state index in [4.69, 9.17) is 4.74 Å². The van der Waals surface area contributed by atoms with Crippen molar-refractivity contribution >= 4 is 11.7 Å². The number of carbonyl (C=O) groups excluding carboxylic acids is 1. The number of aromatic nitrogens is 2. The fraction of sp³-hybridized carbons (Fsp3) is 0.545. The number of ether oxygens (including phenoxy) is 1. The minimum Gasteiger partial charge on any atom is -0.383 e. The predicted octanol–water partition coefficient (Wildman–Crippen LogP) is 0.675. The molecule has 1 amide bonds. The van der Waals surface area contributed by atoms with Crippen LogP contribution in [-0.4, -0.2) is 42.7 Å². The Labute approximate surface area is 101 Å². The smallest absolute Gasteiger partial charge is 0.270 e. The van der Waals surface area contributed by atoms with Crippen molar-refractivity contribution in [1.82, 2.24) is 15.3 Å². The number of anilines is 1. The zero-order valence-electron chi connectivity index (χ0n) is 10.2. The number of hydrogen-bond donors (Lipinski definition) is 2. The minimum absolute atomic E-state index is 0.219. The van der Waals surface area contributed by atoms with Gasteiger partial charge in [0.1, 0.15) is 17.8 Å². The summed E-state index contributed by atoms with van der Waals surface area (Å²) in [6.45, 7) is 3.84. The molecule has 17 heavy (non-hydrogen) atoms. The third kappa shape index (κ3) is 4.78. The van der Waals surface area contributed by atoms with Gasteiger partial charge in [-0.3, -0.25) is 4.79 Å². The predicted molar refractivity (Wildman–Crippen MR) is 65.0 cm³/mol. The Morgan fingerprint density at radius 3 is 2.94 bits per heavy atom. The summed E-state index contributed by atoms with van der Waals surface area (Å²) in [5, 5.41) is 5.80. The van der Waals surface area contributed by atoms with Gasteiger partial charge in [0.25, 0.3) is 5.91 Å². The van der Waals surface area contributed by atoms with E-state index in [0.717, 1.165) is 13.0 Å². The third-order valence-electron chi connectivity index (χ3n) is 2.05. The van der Waals surface area contributed by atoms with Crippen molar-refractivity contribution in [2.24, 2.45) is 0 Å². The van der Waals surface area contributed by atoms with Crippen LogP contribution in [0, 0.1) is 0 Å². The van der Waals surface area contributed by atoms with Crippen molar-refractivity contribution < 1.29 is 9.53 Å². The fourth-order valence-corrected chi connectivity index (χ4v) is 1.19. The van der Waals surface area contributed by atoms with Crippen LogP contribution in [0.3, 0.4) is 0 Å². The van der Waals surface area contributed by atoms with E-state index in [1.54, 1.807) is 13.2 Å². The molecule has 0 spiro atoms. The van der Waals surface area contributed by atoms with Gasteiger partial charge in [-0.1, -0.05) is 6.92 Å². The molecule has 1 aromatic rings. The normalized spacial score (nSPS) is 10.0. The highest BCUT2D eigenvalue weighted by Crippen LogP contribution is 2.03. The number of nitrogens with zero attached hydrogens (tertiary/aromatic N) is 2. The van der Waals surface area contributed by atoms with Crippen molar-refractivity contribution in [2.45, 2.75) is 13.3 Å². The van der Waals surface area contributed by atoms with Gasteiger partial charge < -0.3 is 15.4 Å². The molecule has 1 heterocycles. The number of methoxy groups -OCH3 is 1. The Bertz CT molecular complexity index is 357. The molecule has 0 fully saturated rings. The van der Waals surface area contributed by atoms with Gasteiger partial charge in [0.2, 0.25) is 0 Å². The number of nitrogens with one attached hydrogen (secondary N) is 2. The molecule has 6 heteroatoms. The lowest BCUT2D eigenvalue weighted by Crippen LogP contribution is -2.27. The lowest BCUT2D eigenvalue weighted by molar-refractivity contribution is 0.0932. The first-order valence-corrected chi connectivity index (χ1v) is 5.61. The number of hydrogen-bond acceptors (Lipinski definition) is 5. The molecule has 0 atom stereocenters. The quantitative estimate of drug-likeness (QED) is 0.683. The Hall–Kier alpha value is -1.69. The average Bonchev–Trinajstić information content (AvgIpc) is 2.37. The van der Waals surface area contributed by atoms with E-state index in [-0.39, 0.29) is 5.91 Å². The third-order valence-corrected chi connectivity index (χ3v) is 2.05. The molecule has 2 N–H and O–H groups in total. The van der Waals surface area contributed by atoms with Crippen LogP contribution in [0.2, 0.25) is 0 Å². The summed E-state index contributed by atoms with van der Waals surface area (Å²) >= 11 is 0. The Balaban J connectivity index is 2.54. The second-order valence-electron chi connectivity index (χ2n) is 3.46. The van der Waals surface area contributed by atoms with Crippen LogP contribution in [-0.2, 0) is 4.74 Å². The van der Waals surface area contributed by atoms with Gasteiger partial charge in [0, 0.05) is 26.3 Å². The lowest BCUT2D eigenvalue weighted by atomic mass is 10.3. The summed E-state index contributed by atoms with van der Waals surface area (Å²) in [6, 6.07) is 1.64. The zero-order valence-corrected chi connectivity index (χ0v) is 10.2.